The van der Waals surface area contributed by atoms with E-state index in [9.17, 15) is 20.0 Å². The quantitative estimate of drug-likeness (QED) is 0.474. The number of fused-ring (bicyclic) bond motifs is 1. The summed E-state index contributed by atoms with van der Waals surface area (Å²) < 4.78 is 31.3. The monoisotopic (exact) mass is 564 g/mol. The Bertz CT molecular complexity index is 1310. The van der Waals surface area contributed by atoms with E-state index in [1.165, 1.54) is 35.2 Å². The molecule has 4 rings (SSSR count). The molecule has 2 heterocycles. The van der Waals surface area contributed by atoms with Crippen LogP contribution in [0.4, 0.5) is 8.78 Å². The summed E-state index contributed by atoms with van der Waals surface area (Å²) in [5.41, 5.74) is -2.95. The molecular formula is C28H28Cl2F2N2O4. The zero-order valence-electron chi connectivity index (χ0n) is 20.9. The number of benzene rings is 2. The highest BCUT2D eigenvalue weighted by Crippen LogP contribution is 2.60. The van der Waals surface area contributed by atoms with Crippen LogP contribution in [0.25, 0.3) is 0 Å². The maximum atomic E-state index is 15.6. The number of hydrogen-bond acceptors (Lipinski definition) is 5. The van der Waals surface area contributed by atoms with Gasteiger partial charge in [0.05, 0.1) is 35.9 Å². The lowest BCUT2D eigenvalue weighted by Gasteiger charge is -2.35. The number of aliphatic hydroxyl groups is 2. The van der Waals surface area contributed by atoms with Gasteiger partial charge in [-0.1, -0.05) is 55.2 Å². The van der Waals surface area contributed by atoms with Crippen molar-refractivity contribution >= 4 is 34.9 Å². The molecule has 2 aromatic rings. The maximum Gasteiger partial charge on any atom is 0.229 e. The number of rotatable bonds is 8. The Morgan fingerprint density at radius 2 is 1.97 bits per heavy atom. The standard InChI is InChI=1S/C28H28Cl2F2N2O4/c1-27(2)12-22-28(14-33,18-10-9-15(29)11-20(18)31)23(17-6-4-7-19(30)24(17)32)25(34(22)26(27)38)21(37)8-3-5-16(36)13-35/h4,6-7,9-11,16,22-23,25,35-36H,3,5,8,12-13H2,1-2H3/t16-,22-,23-,25-,28-/m0/s1. The molecule has 38 heavy (non-hydrogen) atoms. The molecule has 6 nitrogen and oxygen atoms in total. The van der Waals surface area contributed by atoms with Crippen LogP contribution in [0.3, 0.4) is 0 Å². The first-order chi connectivity index (χ1) is 17.9. The van der Waals surface area contributed by atoms with E-state index in [-0.39, 0.29) is 46.9 Å². The fraction of sp³-hybridized carbons (Fsp3) is 0.464. The zero-order chi connectivity index (χ0) is 28.0. The maximum absolute atomic E-state index is 15.6. The summed E-state index contributed by atoms with van der Waals surface area (Å²) in [6, 6.07) is 8.05. The van der Waals surface area contributed by atoms with Gasteiger partial charge in [0.15, 0.2) is 5.78 Å². The highest BCUT2D eigenvalue weighted by Gasteiger charge is 2.69. The van der Waals surface area contributed by atoms with Gasteiger partial charge in [0.2, 0.25) is 5.91 Å². The molecule has 0 unspecified atom stereocenters. The summed E-state index contributed by atoms with van der Waals surface area (Å²) in [5, 5.41) is 29.5. The lowest BCUT2D eigenvalue weighted by atomic mass is 9.62. The normalized spacial score (nSPS) is 26.8. The summed E-state index contributed by atoms with van der Waals surface area (Å²) in [4.78, 5) is 28.9. The topological polar surface area (TPSA) is 102 Å². The van der Waals surface area contributed by atoms with Crippen LogP contribution in [-0.2, 0) is 15.0 Å². The van der Waals surface area contributed by atoms with Gasteiger partial charge in [-0.15, -0.1) is 0 Å². The van der Waals surface area contributed by atoms with E-state index < -0.39 is 64.9 Å². The summed E-state index contributed by atoms with van der Waals surface area (Å²) in [7, 11) is 0. The molecule has 10 heteroatoms. The number of hydrogen-bond donors (Lipinski definition) is 2. The van der Waals surface area contributed by atoms with Crippen molar-refractivity contribution in [1.82, 2.24) is 4.90 Å². The first-order valence-corrected chi connectivity index (χ1v) is 13.1. The summed E-state index contributed by atoms with van der Waals surface area (Å²) in [6.45, 7) is 2.92. The highest BCUT2D eigenvalue weighted by molar-refractivity contribution is 6.31. The molecule has 2 aliphatic heterocycles. The molecule has 2 N–H and O–H groups in total. The highest BCUT2D eigenvalue weighted by atomic mass is 35.5. The number of nitrogens with zero attached hydrogens (tertiary/aromatic N) is 2. The Kier molecular flexibility index (Phi) is 7.89. The van der Waals surface area contributed by atoms with Crippen molar-refractivity contribution < 1.29 is 28.6 Å². The lowest BCUT2D eigenvalue weighted by Crippen LogP contribution is -2.44. The third kappa shape index (κ3) is 4.50. The van der Waals surface area contributed by atoms with Crippen LogP contribution in [0.2, 0.25) is 10.0 Å². The van der Waals surface area contributed by atoms with E-state index in [1.807, 2.05) is 0 Å². The van der Waals surface area contributed by atoms with Crippen molar-refractivity contribution in [1.29, 1.82) is 5.26 Å². The number of carbonyl (C=O) groups is 2. The van der Waals surface area contributed by atoms with Crippen molar-refractivity contribution in [2.45, 2.75) is 69.1 Å². The average Bonchev–Trinajstić information content (AvgIpc) is 3.27. The molecule has 2 aliphatic rings. The van der Waals surface area contributed by atoms with E-state index in [0.29, 0.717) is 0 Å². The zero-order valence-corrected chi connectivity index (χ0v) is 22.4. The molecule has 2 fully saturated rings. The number of amides is 1. The van der Waals surface area contributed by atoms with Gasteiger partial charge in [-0.2, -0.15) is 5.26 Å². The van der Waals surface area contributed by atoms with E-state index in [2.05, 4.69) is 6.07 Å². The van der Waals surface area contributed by atoms with Gasteiger partial charge in [0, 0.05) is 28.3 Å². The molecule has 0 aromatic heterocycles. The van der Waals surface area contributed by atoms with Crippen LogP contribution in [0.1, 0.15) is 56.6 Å². The van der Waals surface area contributed by atoms with Gasteiger partial charge in [0.1, 0.15) is 17.0 Å². The van der Waals surface area contributed by atoms with E-state index in [1.54, 1.807) is 13.8 Å². The second-order valence-corrected chi connectivity index (χ2v) is 11.5. The summed E-state index contributed by atoms with van der Waals surface area (Å²) in [5.74, 6) is -3.78. The second-order valence-electron chi connectivity index (χ2n) is 10.7. The molecule has 0 bridgehead atoms. The number of ketones is 1. The molecule has 2 aromatic carbocycles. The minimum Gasteiger partial charge on any atom is -0.394 e. The summed E-state index contributed by atoms with van der Waals surface area (Å²) in [6.07, 6.45) is -0.681. The van der Waals surface area contributed by atoms with Gasteiger partial charge in [-0.05, 0) is 43.0 Å². The number of nitriles is 1. The molecule has 0 spiro atoms. The number of halogens is 4. The molecule has 2 saturated heterocycles. The van der Waals surface area contributed by atoms with E-state index in [0.717, 1.165) is 6.07 Å². The van der Waals surface area contributed by atoms with Crippen LogP contribution < -0.4 is 0 Å². The molecule has 0 saturated carbocycles. The van der Waals surface area contributed by atoms with Crippen LogP contribution in [0.5, 0.6) is 0 Å². The Morgan fingerprint density at radius 1 is 1.26 bits per heavy atom. The lowest BCUT2D eigenvalue weighted by molar-refractivity contribution is -0.141. The molecule has 0 radical (unpaired) electrons. The first kappa shape index (κ1) is 28.4. The Balaban J connectivity index is 1.98. The SMILES string of the molecule is CC1(C)C[C@@H]2N(C1=O)[C@@H](C(=O)CCC[C@H](O)CO)[C@H](c1cccc(Cl)c1F)[C@@]2(C#N)c1ccc(Cl)cc1F. The van der Waals surface area contributed by atoms with Gasteiger partial charge in [-0.3, -0.25) is 9.59 Å². The molecule has 202 valence electrons. The van der Waals surface area contributed by atoms with Crippen molar-refractivity contribution in [3.63, 3.8) is 0 Å². The fourth-order valence-corrected chi connectivity index (χ4v) is 6.46. The first-order valence-electron chi connectivity index (χ1n) is 12.4. The minimum absolute atomic E-state index is 0.0675. The third-order valence-electron chi connectivity index (χ3n) is 7.86. The summed E-state index contributed by atoms with van der Waals surface area (Å²) >= 11 is 12.1. The van der Waals surface area contributed by atoms with Crippen LogP contribution in [0, 0.1) is 28.4 Å². The van der Waals surface area contributed by atoms with Crippen molar-refractivity contribution in [2.75, 3.05) is 6.61 Å². The van der Waals surface area contributed by atoms with Crippen molar-refractivity contribution in [3.8, 4) is 6.07 Å². The second kappa shape index (κ2) is 10.5. The fourth-order valence-electron chi connectivity index (χ4n) is 6.12. The number of carbonyl (C=O) groups excluding carboxylic acids is 2. The van der Waals surface area contributed by atoms with Gasteiger partial charge in [0.25, 0.3) is 0 Å². The van der Waals surface area contributed by atoms with E-state index >= 15 is 8.78 Å². The van der Waals surface area contributed by atoms with Gasteiger partial charge < -0.3 is 15.1 Å². The largest absolute Gasteiger partial charge is 0.394 e. The Hall–Kier alpha value is -2.57. The Morgan fingerprint density at radius 3 is 2.61 bits per heavy atom. The van der Waals surface area contributed by atoms with Gasteiger partial charge >= 0.3 is 0 Å². The Labute approximate surface area is 229 Å². The van der Waals surface area contributed by atoms with Crippen LogP contribution in [-0.4, -0.2) is 51.6 Å². The minimum atomic E-state index is -1.84. The predicted octanol–water partition coefficient (Wildman–Crippen LogP) is 4.92. The van der Waals surface area contributed by atoms with Crippen LogP contribution in [0.15, 0.2) is 36.4 Å². The van der Waals surface area contributed by atoms with Crippen molar-refractivity contribution in [3.05, 3.63) is 69.2 Å². The smallest absolute Gasteiger partial charge is 0.229 e. The number of aliphatic hydroxyl groups excluding tert-OH is 2. The molecule has 0 aliphatic carbocycles. The third-order valence-corrected chi connectivity index (χ3v) is 8.39. The molecule has 1 amide bonds. The molecule has 5 atom stereocenters. The molecular weight excluding hydrogens is 537 g/mol. The van der Waals surface area contributed by atoms with Gasteiger partial charge in [-0.25, -0.2) is 8.78 Å². The predicted molar refractivity (Wildman–Crippen MR) is 138 cm³/mol. The van der Waals surface area contributed by atoms with E-state index in [4.69, 9.17) is 28.3 Å². The number of Topliss-reactive ketones (excluding diaryl/α,β-unsaturated/α-hetero) is 1. The van der Waals surface area contributed by atoms with Crippen LogP contribution >= 0.6 is 23.2 Å². The average molecular weight is 565 g/mol. The van der Waals surface area contributed by atoms with Crippen molar-refractivity contribution in [2.24, 2.45) is 5.41 Å².